The maximum absolute atomic E-state index is 12.5. The number of nitrogens with zero attached hydrogens (tertiary/aromatic N) is 4. The summed E-state index contributed by atoms with van der Waals surface area (Å²) in [5.74, 6) is 0.628. The number of nitrogens with one attached hydrogen (secondary N) is 2. The summed E-state index contributed by atoms with van der Waals surface area (Å²) in [6.45, 7) is 5.14. The number of hydrogen-bond donors (Lipinski definition) is 2. The molecule has 0 atom stereocenters. The van der Waals surface area contributed by atoms with Crippen LogP contribution in [0.5, 0.6) is 0 Å². The summed E-state index contributed by atoms with van der Waals surface area (Å²) in [5, 5.41) is 12.9. The van der Waals surface area contributed by atoms with E-state index in [1.807, 2.05) is 17.5 Å². The Morgan fingerprint density at radius 3 is 2.75 bits per heavy atom. The van der Waals surface area contributed by atoms with Crippen LogP contribution in [0.15, 0.2) is 39.0 Å². The molecule has 9 nitrogen and oxygen atoms in total. The Morgan fingerprint density at radius 2 is 2.11 bits per heavy atom. The first-order valence-corrected chi connectivity index (χ1v) is 9.27. The standard InChI is InChI=1S/C18H16N6O3S/c1-9-7-13(23-27-9)17(26)20-15-8-12(14-5-4-6-28-14)22-24(15)18-19-11(3)10(2)16(25)21-18/h4-8H,1-3H3,(H,20,26)(H,19,21,25). The van der Waals surface area contributed by atoms with Crippen LogP contribution in [-0.2, 0) is 0 Å². The number of amides is 1. The first-order chi connectivity index (χ1) is 13.4. The van der Waals surface area contributed by atoms with Gasteiger partial charge in [0.1, 0.15) is 17.3 Å². The van der Waals surface area contributed by atoms with Crippen molar-refractivity contribution in [2.24, 2.45) is 0 Å². The molecule has 0 aliphatic carbocycles. The van der Waals surface area contributed by atoms with E-state index in [-0.39, 0.29) is 17.2 Å². The zero-order chi connectivity index (χ0) is 19.8. The van der Waals surface area contributed by atoms with Crippen LogP contribution in [0.1, 0.15) is 27.5 Å². The lowest BCUT2D eigenvalue weighted by Gasteiger charge is -2.08. The van der Waals surface area contributed by atoms with E-state index >= 15 is 0 Å². The van der Waals surface area contributed by atoms with Gasteiger partial charge in [0.2, 0.25) is 5.95 Å². The second-order valence-electron chi connectivity index (χ2n) is 6.18. The van der Waals surface area contributed by atoms with Gasteiger partial charge in [0, 0.05) is 23.4 Å². The van der Waals surface area contributed by atoms with Crippen molar-refractivity contribution < 1.29 is 9.32 Å². The molecule has 0 aliphatic rings. The Bertz CT molecular complexity index is 1220. The van der Waals surface area contributed by atoms with Gasteiger partial charge in [-0.05, 0) is 32.2 Å². The summed E-state index contributed by atoms with van der Waals surface area (Å²) in [4.78, 5) is 32.7. The van der Waals surface area contributed by atoms with Gasteiger partial charge in [0.05, 0.1) is 4.88 Å². The molecular formula is C18H16N6O3S. The first-order valence-electron chi connectivity index (χ1n) is 8.39. The average Bonchev–Trinajstić information content (AvgIpc) is 3.39. The number of anilines is 1. The van der Waals surface area contributed by atoms with E-state index < -0.39 is 5.91 Å². The van der Waals surface area contributed by atoms with E-state index in [1.165, 1.54) is 22.1 Å². The van der Waals surface area contributed by atoms with Gasteiger partial charge in [0.15, 0.2) is 5.69 Å². The molecule has 10 heteroatoms. The predicted molar refractivity (Wildman–Crippen MR) is 104 cm³/mol. The largest absolute Gasteiger partial charge is 0.361 e. The van der Waals surface area contributed by atoms with Crippen molar-refractivity contribution in [3.63, 3.8) is 0 Å². The summed E-state index contributed by atoms with van der Waals surface area (Å²) in [6.07, 6.45) is 0. The number of aromatic amines is 1. The third-order valence-electron chi connectivity index (χ3n) is 4.17. The maximum Gasteiger partial charge on any atom is 0.279 e. The minimum atomic E-state index is -0.457. The molecule has 4 aromatic heterocycles. The Labute approximate surface area is 163 Å². The van der Waals surface area contributed by atoms with Crippen molar-refractivity contribution >= 4 is 23.1 Å². The van der Waals surface area contributed by atoms with Crippen LogP contribution < -0.4 is 10.9 Å². The minimum Gasteiger partial charge on any atom is -0.361 e. The number of rotatable bonds is 4. The molecule has 0 unspecified atom stereocenters. The SMILES string of the molecule is Cc1cc(C(=O)Nc2cc(-c3cccs3)nn2-c2nc(C)c(C)c(=O)[nH]2)no1. The van der Waals surface area contributed by atoms with Crippen LogP contribution in [0.2, 0.25) is 0 Å². The molecule has 0 aliphatic heterocycles. The van der Waals surface area contributed by atoms with Crippen LogP contribution in [0.3, 0.4) is 0 Å². The molecular weight excluding hydrogens is 380 g/mol. The monoisotopic (exact) mass is 396 g/mol. The van der Waals surface area contributed by atoms with E-state index in [0.717, 1.165) is 4.88 Å². The number of hydrogen-bond acceptors (Lipinski definition) is 7. The number of carbonyl (C=O) groups is 1. The highest BCUT2D eigenvalue weighted by molar-refractivity contribution is 7.13. The zero-order valence-electron chi connectivity index (χ0n) is 15.3. The number of carbonyl (C=O) groups excluding carboxylic acids is 1. The van der Waals surface area contributed by atoms with Crippen molar-refractivity contribution in [3.8, 4) is 16.5 Å². The number of thiophene rings is 1. The Kier molecular flexibility index (Phi) is 4.40. The van der Waals surface area contributed by atoms with Crippen LogP contribution in [0.4, 0.5) is 5.82 Å². The highest BCUT2D eigenvalue weighted by Gasteiger charge is 2.19. The van der Waals surface area contributed by atoms with E-state index in [9.17, 15) is 9.59 Å². The highest BCUT2D eigenvalue weighted by Crippen LogP contribution is 2.27. The fourth-order valence-corrected chi connectivity index (χ4v) is 3.24. The van der Waals surface area contributed by atoms with Gasteiger partial charge in [-0.25, -0.2) is 4.98 Å². The minimum absolute atomic E-state index is 0.143. The Morgan fingerprint density at radius 1 is 1.29 bits per heavy atom. The molecule has 0 spiro atoms. The summed E-state index contributed by atoms with van der Waals surface area (Å²) in [7, 11) is 0. The second-order valence-corrected chi connectivity index (χ2v) is 7.13. The molecule has 4 heterocycles. The van der Waals surface area contributed by atoms with Crippen molar-refractivity contribution in [1.29, 1.82) is 0 Å². The molecule has 1 amide bonds. The van der Waals surface area contributed by atoms with Crippen molar-refractivity contribution in [1.82, 2.24) is 24.9 Å². The molecule has 4 aromatic rings. The summed E-state index contributed by atoms with van der Waals surface area (Å²) in [6, 6.07) is 7.07. The molecule has 0 saturated carbocycles. The third kappa shape index (κ3) is 3.25. The van der Waals surface area contributed by atoms with Gasteiger partial charge >= 0.3 is 0 Å². The normalized spacial score (nSPS) is 11.0. The summed E-state index contributed by atoms with van der Waals surface area (Å²) in [5.41, 5.74) is 1.63. The lowest BCUT2D eigenvalue weighted by Crippen LogP contribution is -2.21. The van der Waals surface area contributed by atoms with Crippen LogP contribution in [-0.4, -0.2) is 30.8 Å². The topological polar surface area (TPSA) is 119 Å². The fraction of sp³-hybridized carbons (Fsp3) is 0.167. The van der Waals surface area contributed by atoms with Gasteiger partial charge < -0.3 is 9.84 Å². The van der Waals surface area contributed by atoms with Crippen molar-refractivity contribution in [2.45, 2.75) is 20.8 Å². The van der Waals surface area contributed by atoms with E-state index in [2.05, 4.69) is 25.5 Å². The van der Waals surface area contributed by atoms with E-state index in [0.29, 0.717) is 28.5 Å². The number of aromatic nitrogens is 5. The Balaban J connectivity index is 1.80. The smallest absolute Gasteiger partial charge is 0.279 e. The quantitative estimate of drug-likeness (QED) is 0.547. The van der Waals surface area contributed by atoms with Gasteiger partial charge in [-0.15, -0.1) is 11.3 Å². The van der Waals surface area contributed by atoms with E-state index in [1.54, 1.807) is 26.8 Å². The zero-order valence-corrected chi connectivity index (χ0v) is 16.1. The summed E-state index contributed by atoms with van der Waals surface area (Å²) < 4.78 is 6.35. The lowest BCUT2D eigenvalue weighted by atomic mass is 10.3. The first kappa shape index (κ1) is 17.9. The average molecular weight is 396 g/mol. The lowest BCUT2D eigenvalue weighted by molar-refractivity contribution is 0.101. The van der Waals surface area contributed by atoms with Crippen molar-refractivity contribution in [2.75, 3.05) is 5.32 Å². The number of aryl methyl sites for hydroxylation is 2. The van der Waals surface area contributed by atoms with Gasteiger partial charge in [0.25, 0.3) is 11.5 Å². The van der Waals surface area contributed by atoms with Gasteiger partial charge in [-0.1, -0.05) is 11.2 Å². The fourth-order valence-electron chi connectivity index (χ4n) is 2.56. The third-order valence-corrected chi connectivity index (χ3v) is 5.06. The molecule has 142 valence electrons. The predicted octanol–water partition coefficient (Wildman–Crippen LogP) is 2.85. The van der Waals surface area contributed by atoms with Crippen LogP contribution >= 0.6 is 11.3 Å². The second kappa shape index (κ2) is 6.89. The van der Waals surface area contributed by atoms with Crippen LogP contribution in [0, 0.1) is 20.8 Å². The maximum atomic E-state index is 12.5. The number of H-pyrrole nitrogens is 1. The van der Waals surface area contributed by atoms with Gasteiger partial charge in [-0.2, -0.15) is 9.78 Å². The molecule has 0 radical (unpaired) electrons. The van der Waals surface area contributed by atoms with Crippen LogP contribution in [0.25, 0.3) is 16.5 Å². The van der Waals surface area contributed by atoms with E-state index in [4.69, 9.17) is 4.52 Å². The van der Waals surface area contributed by atoms with Crippen molar-refractivity contribution in [3.05, 3.63) is 62.7 Å². The molecule has 0 saturated heterocycles. The Hall–Kier alpha value is -3.53. The molecule has 4 rings (SSSR count). The molecule has 0 aromatic carbocycles. The molecule has 2 N–H and O–H groups in total. The van der Waals surface area contributed by atoms with Gasteiger partial charge in [-0.3, -0.25) is 14.6 Å². The molecule has 28 heavy (non-hydrogen) atoms. The molecule has 0 bridgehead atoms. The summed E-state index contributed by atoms with van der Waals surface area (Å²) >= 11 is 1.51. The highest BCUT2D eigenvalue weighted by atomic mass is 32.1. The molecule has 0 fully saturated rings.